The molecule has 1 aromatic rings. The average Bonchev–Trinajstić information content (AvgIpc) is 2.92. The Morgan fingerprint density at radius 3 is 2.70 bits per heavy atom. The number of hydrogen-bond donors (Lipinski definition) is 2. The van der Waals surface area contributed by atoms with Crippen LogP contribution in [0.1, 0.15) is 18.7 Å². The minimum absolute atomic E-state index is 0.0375. The second kappa shape index (κ2) is 5.69. The molecule has 2 unspecified atom stereocenters. The van der Waals surface area contributed by atoms with Gasteiger partial charge in [0.05, 0.1) is 19.3 Å². The first kappa shape index (κ1) is 13.8. The second-order valence-electron chi connectivity index (χ2n) is 5.46. The van der Waals surface area contributed by atoms with Crippen molar-refractivity contribution in [2.45, 2.75) is 25.6 Å². The third-order valence-corrected chi connectivity index (χ3v) is 4.54. The molecule has 20 heavy (non-hydrogen) atoms. The molecule has 3 saturated heterocycles. The van der Waals surface area contributed by atoms with Crippen LogP contribution in [0.2, 0.25) is 0 Å². The van der Waals surface area contributed by atoms with Gasteiger partial charge in [-0.2, -0.15) is 5.10 Å². The minimum atomic E-state index is 0.0375. The van der Waals surface area contributed by atoms with E-state index < -0.39 is 0 Å². The van der Waals surface area contributed by atoms with E-state index in [0.717, 1.165) is 50.7 Å². The number of aromatic nitrogens is 2. The largest absolute Gasteiger partial charge is 0.493 e. The minimum Gasteiger partial charge on any atom is -0.493 e. The van der Waals surface area contributed by atoms with Crippen molar-refractivity contribution in [2.75, 3.05) is 39.8 Å². The highest BCUT2D eigenvalue weighted by atomic mass is 16.5. The smallest absolute Gasteiger partial charge is 0.161 e. The standard InChI is InChI=1S/C13H24N6O/c1-3-19-13(11(20-2)8-15-19)12(16-14)10-9-17-4-6-18(10)7-5-17/h8,10,12,16H,3-7,9,14H2,1-2H3. The Hall–Kier alpha value is -1.15. The fourth-order valence-electron chi connectivity index (χ4n) is 3.45. The summed E-state index contributed by atoms with van der Waals surface area (Å²) in [6.45, 7) is 8.51. The molecule has 0 saturated carbocycles. The molecule has 3 N–H and O–H groups in total. The van der Waals surface area contributed by atoms with Crippen molar-refractivity contribution in [1.82, 2.24) is 25.0 Å². The maximum Gasteiger partial charge on any atom is 0.161 e. The summed E-state index contributed by atoms with van der Waals surface area (Å²) in [5.41, 5.74) is 4.05. The normalized spacial score (nSPS) is 30.4. The van der Waals surface area contributed by atoms with Crippen LogP contribution in [-0.4, -0.2) is 65.5 Å². The van der Waals surface area contributed by atoms with Gasteiger partial charge in [0.2, 0.25) is 0 Å². The predicted molar refractivity (Wildman–Crippen MR) is 76.3 cm³/mol. The average molecular weight is 280 g/mol. The first-order valence-electron chi connectivity index (χ1n) is 7.30. The number of nitrogens with zero attached hydrogens (tertiary/aromatic N) is 4. The van der Waals surface area contributed by atoms with E-state index in [-0.39, 0.29) is 6.04 Å². The Morgan fingerprint density at radius 2 is 2.20 bits per heavy atom. The maximum absolute atomic E-state index is 5.88. The molecule has 2 bridgehead atoms. The fourth-order valence-corrected chi connectivity index (χ4v) is 3.45. The summed E-state index contributed by atoms with van der Waals surface area (Å²) < 4.78 is 7.44. The molecule has 3 aliphatic heterocycles. The number of nitrogens with one attached hydrogen (secondary N) is 1. The zero-order valence-corrected chi connectivity index (χ0v) is 12.2. The molecule has 3 fully saturated rings. The number of methoxy groups -OCH3 is 1. The van der Waals surface area contributed by atoms with E-state index in [1.54, 1.807) is 13.3 Å². The molecule has 4 heterocycles. The summed E-state index contributed by atoms with van der Waals surface area (Å²) in [6.07, 6.45) is 1.78. The zero-order valence-electron chi connectivity index (χ0n) is 12.2. The molecule has 1 aromatic heterocycles. The Labute approximate surface area is 119 Å². The summed E-state index contributed by atoms with van der Waals surface area (Å²) >= 11 is 0. The lowest BCUT2D eigenvalue weighted by Gasteiger charge is -2.49. The van der Waals surface area contributed by atoms with Gasteiger partial charge >= 0.3 is 0 Å². The van der Waals surface area contributed by atoms with Gasteiger partial charge in [-0.15, -0.1) is 0 Å². The predicted octanol–water partition coefficient (Wildman–Crippen LogP) is -0.584. The fraction of sp³-hybridized carbons (Fsp3) is 0.769. The molecule has 0 aromatic carbocycles. The lowest BCUT2D eigenvalue weighted by atomic mass is 9.97. The van der Waals surface area contributed by atoms with Crippen molar-refractivity contribution >= 4 is 0 Å². The van der Waals surface area contributed by atoms with Crippen molar-refractivity contribution in [3.63, 3.8) is 0 Å². The van der Waals surface area contributed by atoms with Crippen LogP contribution in [0.15, 0.2) is 6.20 Å². The van der Waals surface area contributed by atoms with E-state index in [9.17, 15) is 0 Å². The van der Waals surface area contributed by atoms with Gasteiger partial charge in [-0.25, -0.2) is 5.43 Å². The molecule has 2 atom stereocenters. The van der Waals surface area contributed by atoms with E-state index in [1.807, 2.05) is 4.68 Å². The number of rotatable bonds is 5. The lowest BCUT2D eigenvalue weighted by molar-refractivity contribution is -0.00532. The maximum atomic E-state index is 5.88. The molecule has 0 aliphatic carbocycles. The van der Waals surface area contributed by atoms with Gasteiger partial charge in [0.1, 0.15) is 5.69 Å². The molecule has 112 valence electrons. The van der Waals surface area contributed by atoms with E-state index in [0.29, 0.717) is 6.04 Å². The van der Waals surface area contributed by atoms with Gasteiger partial charge in [0.15, 0.2) is 5.75 Å². The van der Waals surface area contributed by atoms with Crippen molar-refractivity contribution < 1.29 is 4.74 Å². The molecule has 3 aliphatic rings. The summed E-state index contributed by atoms with van der Waals surface area (Å²) in [4.78, 5) is 5.03. The van der Waals surface area contributed by atoms with Crippen LogP contribution in [0.3, 0.4) is 0 Å². The SMILES string of the molecule is CCn1ncc(OC)c1C(NN)C1CN2CCN1CC2. The number of hydrazine groups is 1. The van der Waals surface area contributed by atoms with Gasteiger partial charge in [0, 0.05) is 45.3 Å². The van der Waals surface area contributed by atoms with Crippen molar-refractivity contribution in [2.24, 2.45) is 5.84 Å². The molecule has 0 amide bonds. The number of hydrogen-bond acceptors (Lipinski definition) is 6. The van der Waals surface area contributed by atoms with Crippen LogP contribution in [0, 0.1) is 0 Å². The number of fused-ring (bicyclic) bond motifs is 3. The van der Waals surface area contributed by atoms with Gasteiger partial charge in [-0.05, 0) is 6.92 Å². The Bertz CT molecular complexity index is 432. The van der Waals surface area contributed by atoms with Crippen LogP contribution in [0.25, 0.3) is 0 Å². The molecule has 7 heteroatoms. The number of piperazine rings is 3. The summed E-state index contributed by atoms with van der Waals surface area (Å²) in [5.74, 6) is 6.69. The van der Waals surface area contributed by atoms with E-state index in [1.165, 1.54) is 0 Å². The monoisotopic (exact) mass is 280 g/mol. The Balaban J connectivity index is 1.91. The number of aryl methyl sites for hydroxylation is 1. The molecule has 0 spiro atoms. The summed E-state index contributed by atoms with van der Waals surface area (Å²) in [6, 6.07) is 0.411. The Morgan fingerprint density at radius 1 is 1.45 bits per heavy atom. The second-order valence-corrected chi connectivity index (χ2v) is 5.46. The summed E-state index contributed by atoms with van der Waals surface area (Å²) in [5, 5.41) is 4.40. The van der Waals surface area contributed by atoms with Crippen LogP contribution in [0.4, 0.5) is 0 Å². The lowest BCUT2D eigenvalue weighted by Crippen LogP contribution is -2.64. The van der Waals surface area contributed by atoms with Crippen LogP contribution < -0.4 is 16.0 Å². The quantitative estimate of drug-likeness (QED) is 0.555. The highest BCUT2D eigenvalue weighted by molar-refractivity contribution is 5.30. The first-order chi connectivity index (χ1) is 9.78. The van der Waals surface area contributed by atoms with Gasteiger partial charge in [0.25, 0.3) is 0 Å². The zero-order chi connectivity index (χ0) is 14.1. The van der Waals surface area contributed by atoms with E-state index in [4.69, 9.17) is 10.6 Å². The van der Waals surface area contributed by atoms with Crippen LogP contribution in [-0.2, 0) is 6.54 Å². The topological polar surface area (TPSA) is 71.6 Å². The molecule has 7 nitrogen and oxygen atoms in total. The van der Waals surface area contributed by atoms with Crippen LogP contribution >= 0.6 is 0 Å². The highest BCUT2D eigenvalue weighted by Crippen LogP contribution is 2.32. The molecular formula is C13H24N6O. The molecule has 4 rings (SSSR count). The van der Waals surface area contributed by atoms with E-state index >= 15 is 0 Å². The number of nitrogens with two attached hydrogens (primary N) is 1. The van der Waals surface area contributed by atoms with Gasteiger partial charge < -0.3 is 4.74 Å². The van der Waals surface area contributed by atoms with Gasteiger partial charge in [-0.1, -0.05) is 0 Å². The third-order valence-electron chi connectivity index (χ3n) is 4.54. The molecule has 0 radical (unpaired) electrons. The summed E-state index contributed by atoms with van der Waals surface area (Å²) in [7, 11) is 1.69. The van der Waals surface area contributed by atoms with Crippen molar-refractivity contribution in [1.29, 1.82) is 0 Å². The number of ether oxygens (including phenoxy) is 1. The van der Waals surface area contributed by atoms with Crippen molar-refractivity contribution in [3.8, 4) is 5.75 Å². The van der Waals surface area contributed by atoms with Gasteiger partial charge in [-0.3, -0.25) is 20.3 Å². The highest BCUT2D eigenvalue weighted by Gasteiger charge is 2.39. The molecular weight excluding hydrogens is 256 g/mol. The Kier molecular flexibility index (Phi) is 3.93. The van der Waals surface area contributed by atoms with Crippen LogP contribution in [0.5, 0.6) is 5.75 Å². The van der Waals surface area contributed by atoms with E-state index in [2.05, 4.69) is 27.2 Å². The third kappa shape index (κ3) is 2.20. The first-order valence-corrected chi connectivity index (χ1v) is 7.30. The van der Waals surface area contributed by atoms with Crippen molar-refractivity contribution in [3.05, 3.63) is 11.9 Å².